The van der Waals surface area contributed by atoms with E-state index in [0.29, 0.717) is 43.6 Å². The average molecular weight is 461 g/mol. The molecule has 2 aromatic rings. The van der Waals surface area contributed by atoms with E-state index in [1.165, 1.54) is 4.31 Å². The van der Waals surface area contributed by atoms with Crippen molar-refractivity contribution in [3.05, 3.63) is 54.1 Å². The largest absolute Gasteiger partial charge is 0.379 e. The summed E-state index contributed by atoms with van der Waals surface area (Å²) in [4.78, 5) is 2.54. The summed E-state index contributed by atoms with van der Waals surface area (Å²) in [5, 5.41) is 6.92. The van der Waals surface area contributed by atoms with Crippen molar-refractivity contribution in [1.82, 2.24) is 9.62 Å². The van der Waals surface area contributed by atoms with Crippen molar-refractivity contribution in [2.45, 2.75) is 24.3 Å². The molecule has 9 heteroatoms. The van der Waals surface area contributed by atoms with Crippen LogP contribution >= 0.6 is 12.2 Å². The van der Waals surface area contributed by atoms with Gasteiger partial charge in [-0.2, -0.15) is 4.31 Å². The predicted molar refractivity (Wildman–Crippen MR) is 127 cm³/mol. The van der Waals surface area contributed by atoms with Gasteiger partial charge in [0.15, 0.2) is 5.11 Å². The van der Waals surface area contributed by atoms with Crippen LogP contribution in [0.3, 0.4) is 0 Å². The molecule has 2 aliphatic heterocycles. The normalized spacial score (nSPS) is 17.5. The Hall–Kier alpha value is -2.20. The van der Waals surface area contributed by atoms with E-state index >= 15 is 0 Å². The summed E-state index contributed by atoms with van der Waals surface area (Å²) in [6, 6.07) is 15.3. The van der Waals surface area contributed by atoms with Crippen LogP contribution in [0, 0.1) is 0 Å². The molecule has 0 amide bonds. The van der Waals surface area contributed by atoms with Crippen molar-refractivity contribution in [2.75, 3.05) is 49.6 Å². The van der Waals surface area contributed by atoms with Gasteiger partial charge in [-0.15, -0.1) is 0 Å². The summed E-state index contributed by atoms with van der Waals surface area (Å²) < 4.78 is 33.1. The summed E-state index contributed by atoms with van der Waals surface area (Å²) in [7, 11) is -3.58. The Labute approximate surface area is 189 Å². The van der Waals surface area contributed by atoms with Crippen molar-refractivity contribution >= 4 is 38.7 Å². The quantitative estimate of drug-likeness (QED) is 0.642. The number of anilines is 2. The Morgan fingerprint density at radius 2 is 1.71 bits per heavy atom. The van der Waals surface area contributed by atoms with E-state index < -0.39 is 10.0 Å². The van der Waals surface area contributed by atoms with E-state index in [1.807, 2.05) is 36.4 Å². The maximum Gasteiger partial charge on any atom is 0.243 e. The van der Waals surface area contributed by atoms with E-state index in [-0.39, 0.29) is 4.90 Å². The molecule has 2 heterocycles. The molecule has 7 nitrogen and oxygen atoms in total. The van der Waals surface area contributed by atoms with Crippen molar-refractivity contribution in [3.8, 4) is 0 Å². The third-order valence-corrected chi connectivity index (χ3v) is 7.71. The molecule has 0 bridgehead atoms. The number of benzene rings is 2. The first-order valence-corrected chi connectivity index (χ1v) is 12.4. The van der Waals surface area contributed by atoms with E-state index in [2.05, 4.69) is 15.5 Å². The van der Waals surface area contributed by atoms with Gasteiger partial charge in [-0.25, -0.2) is 8.42 Å². The van der Waals surface area contributed by atoms with Gasteiger partial charge in [-0.3, -0.25) is 0 Å². The van der Waals surface area contributed by atoms with Gasteiger partial charge in [-0.05, 0) is 48.8 Å². The van der Waals surface area contributed by atoms with Crippen LogP contribution in [-0.4, -0.2) is 57.2 Å². The van der Waals surface area contributed by atoms with E-state index in [0.717, 1.165) is 37.2 Å². The van der Waals surface area contributed by atoms with Crippen molar-refractivity contribution in [3.63, 3.8) is 0 Å². The standard InChI is InChI=1S/C22H28N4O3S2/c27-31(28,26-12-14-29-15-13-26)19-8-9-21(25-10-4-5-11-25)20(16-19)24-22(30)23-17-18-6-2-1-3-7-18/h1-3,6-9,16H,4-5,10-15,17H2,(H2,23,24,30). The molecule has 0 atom stereocenters. The molecule has 166 valence electrons. The van der Waals surface area contributed by atoms with Crippen LogP contribution < -0.4 is 15.5 Å². The van der Waals surface area contributed by atoms with Gasteiger partial charge in [0.05, 0.1) is 29.5 Å². The zero-order valence-corrected chi connectivity index (χ0v) is 19.1. The lowest BCUT2D eigenvalue weighted by Crippen LogP contribution is -2.40. The number of thiocarbonyl (C=S) groups is 1. The third kappa shape index (κ3) is 5.35. The highest BCUT2D eigenvalue weighted by molar-refractivity contribution is 7.89. The molecule has 0 aromatic heterocycles. The third-order valence-electron chi connectivity index (χ3n) is 5.57. The molecule has 2 aromatic carbocycles. The fourth-order valence-corrected chi connectivity index (χ4v) is 5.51. The number of hydrogen-bond donors (Lipinski definition) is 2. The molecule has 0 saturated carbocycles. The van der Waals surface area contributed by atoms with Crippen LogP contribution in [0.4, 0.5) is 11.4 Å². The smallest absolute Gasteiger partial charge is 0.243 e. The maximum absolute atomic E-state index is 13.1. The van der Waals surface area contributed by atoms with Gasteiger partial charge in [-0.1, -0.05) is 30.3 Å². The lowest BCUT2D eigenvalue weighted by Gasteiger charge is -2.27. The Balaban J connectivity index is 1.55. The number of nitrogens with one attached hydrogen (secondary N) is 2. The number of rotatable bonds is 6. The molecule has 4 rings (SSSR count). The first kappa shape index (κ1) is 22.0. The molecule has 2 aliphatic rings. The summed E-state index contributed by atoms with van der Waals surface area (Å²) in [6.45, 7) is 4.08. The fraction of sp³-hybridized carbons (Fsp3) is 0.409. The lowest BCUT2D eigenvalue weighted by atomic mass is 10.2. The number of nitrogens with zero attached hydrogens (tertiary/aromatic N) is 2. The van der Waals surface area contributed by atoms with E-state index in [1.54, 1.807) is 12.1 Å². The summed E-state index contributed by atoms with van der Waals surface area (Å²) in [5.41, 5.74) is 2.80. The van der Waals surface area contributed by atoms with E-state index in [4.69, 9.17) is 17.0 Å². The van der Waals surface area contributed by atoms with Crippen LogP contribution in [0.2, 0.25) is 0 Å². The second-order valence-corrected chi connectivity index (χ2v) is 10.0. The van der Waals surface area contributed by atoms with Gasteiger partial charge in [0.25, 0.3) is 0 Å². The molecular weight excluding hydrogens is 432 g/mol. The highest BCUT2D eigenvalue weighted by atomic mass is 32.2. The summed E-state index contributed by atoms with van der Waals surface area (Å²) in [6.07, 6.45) is 2.26. The van der Waals surface area contributed by atoms with Crippen LogP contribution in [0.15, 0.2) is 53.4 Å². The summed E-state index contributed by atoms with van der Waals surface area (Å²) in [5.74, 6) is 0. The van der Waals surface area contributed by atoms with Crippen molar-refractivity contribution < 1.29 is 13.2 Å². The van der Waals surface area contributed by atoms with E-state index in [9.17, 15) is 8.42 Å². The van der Waals surface area contributed by atoms with Gasteiger partial charge in [0.2, 0.25) is 10.0 Å². The van der Waals surface area contributed by atoms with Gasteiger partial charge >= 0.3 is 0 Å². The molecule has 2 fully saturated rings. The first-order valence-electron chi connectivity index (χ1n) is 10.6. The number of hydrogen-bond acceptors (Lipinski definition) is 5. The number of morpholine rings is 1. The Morgan fingerprint density at radius 3 is 2.42 bits per heavy atom. The average Bonchev–Trinajstić information content (AvgIpc) is 3.34. The van der Waals surface area contributed by atoms with Gasteiger partial charge in [0.1, 0.15) is 0 Å². The molecule has 0 unspecified atom stereocenters. The molecule has 2 saturated heterocycles. The second-order valence-electron chi connectivity index (χ2n) is 7.68. The molecule has 0 spiro atoms. The Bertz CT molecular complexity index is 1000. The minimum Gasteiger partial charge on any atom is -0.379 e. The Kier molecular flexibility index (Phi) is 7.06. The van der Waals surface area contributed by atoms with Crippen LogP contribution in [0.5, 0.6) is 0 Å². The molecule has 0 radical (unpaired) electrons. The van der Waals surface area contributed by atoms with Gasteiger partial charge < -0.3 is 20.3 Å². The zero-order valence-electron chi connectivity index (χ0n) is 17.4. The van der Waals surface area contributed by atoms with Crippen LogP contribution in [0.1, 0.15) is 18.4 Å². The minimum atomic E-state index is -3.58. The highest BCUT2D eigenvalue weighted by Crippen LogP contribution is 2.32. The first-order chi connectivity index (χ1) is 15.0. The highest BCUT2D eigenvalue weighted by Gasteiger charge is 2.28. The zero-order chi connectivity index (χ0) is 21.7. The maximum atomic E-state index is 13.1. The molecular formula is C22H28N4O3S2. The summed E-state index contributed by atoms with van der Waals surface area (Å²) >= 11 is 5.51. The second kappa shape index (κ2) is 9.95. The van der Waals surface area contributed by atoms with Crippen molar-refractivity contribution in [1.29, 1.82) is 0 Å². The minimum absolute atomic E-state index is 0.269. The number of sulfonamides is 1. The van der Waals surface area contributed by atoms with Gasteiger partial charge in [0, 0.05) is 32.7 Å². The molecule has 2 N–H and O–H groups in total. The lowest BCUT2D eigenvalue weighted by molar-refractivity contribution is 0.0730. The molecule has 0 aliphatic carbocycles. The Morgan fingerprint density at radius 1 is 1.00 bits per heavy atom. The number of ether oxygens (including phenoxy) is 1. The fourth-order valence-electron chi connectivity index (χ4n) is 3.89. The molecule has 31 heavy (non-hydrogen) atoms. The predicted octanol–water partition coefficient (Wildman–Crippen LogP) is 2.79. The SMILES string of the molecule is O=S(=O)(c1ccc(N2CCCC2)c(NC(=S)NCc2ccccc2)c1)N1CCOCC1. The van der Waals surface area contributed by atoms with Crippen LogP contribution in [-0.2, 0) is 21.3 Å². The van der Waals surface area contributed by atoms with Crippen molar-refractivity contribution in [2.24, 2.45) is 0 Å². The monoisotopic (exact) mass is 460 g/mol. The van der Waals surface area contributed by atoms with Crippen LogP contribution in [0.25, 0.3) is 0 Å². The topological polar surface area (TPSA) is 73.9 Å².